The van der Waals surface area contributed by atoms with Crippen LogP contribution < -0.4 is 0 Å². The maximum atomic E-state index is 9.56. The summed E-state index contributed by atoms with van der Waals surface area (Å²) in [5, 5.41) is 19.1. The summed E-state index contributed by atoms with van der Waals surface area (Å²) in [6.07, 6.45) is 5.19. The Kier molecular flexibility index (Phi) is 5.70. The Hall–Kier alpha value is -3.26. The molecule has 2 aliphatic carbocycles. The molecule has 0 radical (unpaired) electrons. The van der Waals surface area contributed by atoms with E-state index in [0.717, 1.165) is 36.0 Å². The van der Waals surface area contributed by atoms with Crippen molar-refractivity contribution in [3.05, 3.63) is 113 Å². The second-order valence-corrected chi connectivity index (χ2v) is 7.18. The van der Waals surface area contributed by atoms with Crippen LogP contribution in [0.3, 0.4) is 0 Å². The SMILES string of the molecule is C=C1C/C1=C\C(CC)=C(c1ccc(O)cc1)c1ccc(O)cc1.C=C1CC1=C. The molecule has 28 heavy (non-hydrogen) atoms. The standard InChI is InChI=1S/C21H20O2.C5H6/c1-3-15(13-18-12-14(18)2)21(16-4-8-19(22)9-5-16)17-6-10-20(23)11-7-17;1-4-3-5(4)2/h4-11,13,22-23H,2-3,12H2,1H3;1-3H2/b18-13+;. The van der Waals surface area contributed by atoms with Gasteiger partial charge < -0.3 is 10.2 Å². The van der Waals surface area contributed by atoms with Crippen molar-refractivity contribution >= 4 is 5.57 Å². The molecule has 0 atom stereocenters. The van der Waals surface area contributed by atoms with E-state index in [1.807, 2.05) is 24.3 Å². The Balaban J connectivity index is 0.000000391. The van der Waals surface area contributed by atoms with Crippen molar-refractivity contribution in [1.82, 2.24) is 0 Å². The summed E-state index contributed by atoms with van der Waals surface area (Å²) in [5.74, 6) is 0.511. The number of phenolic OH excluding ortho intramolecular Hbond substituents is 2. The van der Waals surface area contributed by atoms with Gasteiger partial charge in [0.15, 0.2) is 0 Å². The van der Waals surface area contributed by atoms with Crippen molar-refractivity contribution in [3.8, 4) is 11.5 Å². The molecule has 2 fully saturated rings. The van der Waals surface area contributed by atoms with Crippen LogP contribution in [0, 0.1) is 0 Å². The predicted molar refractivity (Wildman–Crippen MR) is 117 cm³/mol. The fraction of sp³-hybridized carbons (Fsp3) is 0.154. The summed E-state index contributed by atoms with van der Waals surface area (Å²) in [6.45, 7) is 13.4. The molecule has 2 nitrogen and oxygen atoms in total. The van der Waals surface area contributed by atoms with Crippen LogP contribution in [-0.4, -0.2) is 10.2 Å². The molecule has 0 bridgehead atoms. The van der Waals surface area contributed by atoms with E-state index in [-0.39, 0.29) is 11.5 Å². The van der Waals surface area contributed by atoms with Crippen molar-refractivity contribution in [1.29, 1.82) is 0 Å². The number of benzene rings is 2. The van der Waals surface area contributed by atoms with Crippen molar-refractivity contribution in [2.24, 2.45) is 0 Å². The van der Waals surface area contributed by atoms with Gasteiger partial charge in [0.05, 0.1) is 0 Å². The Morgan fingerprint density at radius 3 is 1.46 bits per heavy atom. The van der Waals surface area contributed by atoms with Crippen LogP contribution in [0.4, 0.5) is 0 Å². The summed E-state index contributed by atoms with van der Waals surface area (Å²) in [5.41, 5.74) is 9.41. The molecule has 2 aromatic carbocycles. The van der Waals surface area contributed by atoms with E-state index in [2.05, 4.69) is 32.7 Å². The van der Waals surface area contributed by atoms with Gasteiger partial charge in [-0.3, -0.25) is 0 Å². The smallest absolute Gasteiger partial charge is 0.115 e. The third-order valence-corrected chi connectivity index (χ3v) is 4.90. The van der Waals surface area contributed by atoms with Crippen LogP contribution in [0.25, 0.3) is 5.57 Å². The second kappa shape index (κ2) is 8.18. The molecule has 0 spiro atoms. The fourth-order valence-corrected chi connectivity index (χ4v) is 2.91. The van der Waals surface area contributed by atoms with E-state index in [1.165, 1.54) is 27.9 Å². The van der Waals surface area contributed by atoms with Gasteiger partial charge in [-0.25, -0.2) is 0 Å². The van der Waals surface area contributed by atoms with Crippen LogP contribution in [-0.2, 0) is 0 Å². The minimum absolute atomic E-state index is 0.255. The average molecular weight is 370 g/mol. The van der Waals surface area contributed by atoms with E-state index in [0.29, 0.717) is 0 Å². The summed E-state index contributed by atoms with van der Waals surface area (Å²) >= 11 is 0. The highest BCUT2D eigenvalue weighted by Gasteiger charge is 2.19. The van der Waals surface area contributed by atoms with Crippen molar-refractivity contribution in [2.75, 3.05) is 0 Å². The molecule has 2 aromatic rings. The first-order valence-corrected chi connectivity index (χ1v) is 9.45. The molecule has 0 amide bonds. The van der Waals surface area contributed by atoms with Gasteiger partial charge in [-0.2, -0.15) is 0 Å². The number of allylic oxidation sites excluding steroid dienone is 6. The minimum Gasteiger partial charge on any atom is -0.508 e. The molecular weight excluding hydrogens is 344 g/mol. The van der Waals surface area contributed by atoms with Gasteiger partial charge in [-0.1, -0.05) is 57.0 Å². The zero-order chi connectivity index (χ0) is 20.3. The molecule has 0 aliphatic heterocycles. The molecule has 4 rings (SSSR count). The van der Waals surface area contributed by atoms with E-state index >= 15 is 0 Å². The van der Waals surface area contributed by atoms with E-state index in [1.54, 1.807) is 24.3 Å². The van der Waals surface area contributed by atoms with Crippen LogP contribution in [0.5, 0.6) is 11.5 Å². The monoisotopic (exact) mass is 370 g/mol. The largest absolute Gasteiger partial charge is 0.508 e. The Morgan fingerprint density at radius 2 is 1.18 bits per heavy atom. The molecule has 0 unspecified atom stereocenters. The summed E-state index contributed by atoms with van der Waals surface area (Å²) < 4.78 is 0. The molecule has 0 heterocycles. The highest BCUT2D eigenvalue weighted by Crippen LogP contribution is 2.39. The molecule has 0 aromatic heterocycles. The topological polar surface area (TPSA) is 40.5 Å². The Morgan fingerprint density at radius 1 is 0.786 bits per heavy atom. The van der Waals surface area contributed by atoms with E-state index in [9.17, 15) is 10.2 Å². The molecule has 2 aliphatic rings. The Bertz CT molecular complexity index is 924. The molecule has 2 N–H and O–H groups in total. The second-order valence-electron chi connectivity index (χ2n) is 7.18. The molecular formula is C26H26O2. The highest BCUT2D eigenvalue weighted by atomic mass is 16.3. The van der Waals surface area contributed by atoms with Gasteiger partial charge in [0, 0.05) is 0 Å². The number of phenols is 2. The third-order valence-electron chi connectivity index (χ3n) is 4.90. The van der Waals surface area contributed by atoms with Gasteiger partial charge in [-0.15, -0.1) is 0 Å². The third kappa shape index (κ3) is 4.92. The fourth-order valence-electron chi connectivity index (χ4n) is 2.91. The lowest BCUT2D eigenvalue weighted by Gasteiger charge is -2.13. The van der Waals surface area contributed by atoms with Gasteiger partial charge in [0.25, 0.3) is 0 Å². The lowest BCUT2D eigenvalue weighted by Crippen LogP contribution is -1.93. The first kappa shape index (κ1) is 19.5. The summed E-state index contributed by atoms with van der Waals surface area (Å²) in [7, 11) is 0. The summed E-state index contributed by atoms with van der Waals surface area (Å²) in [6, 6.07) is 14.5. The van der Waals surface area contributed by atoms with Crippen LogP contribution in [0.15, 0.2) is 102 Å². The van der Waals surface area contributed by atoms with Gasteiger partial charge in [0.2, 0.25) is 0 Å². The van der Waals surface area contributed by atoms with Crippen molar-refractivity contribution < 1.29 is 10.2 Å². The number of rotatable bonds is 4. The van der Waals surface area contributed by atoms with Crippen LogP contribution in [0.1, 0.15) is 37.3 Å². The van der Waals surface area contributed by atoms with Crippen LogP contribution >= 0.6 is 0 Å². The first-order chi connectivity index (χ1) is 13.4. The molecule has 142 valence electrons. The number of hydrogen-bond donors (Lipinski definition) is 2. The number of aromatic hydroxyl groups is 2. The quantitative estimate of drug-likeness (QED) is 0.629. The molecule has 2 saturated carbocycles. The zero-order valence-corrected chi connectivity index (χ0v) is 16.3. The molecule has 0 saturated heterocycles. The van der Waals surface area contributed by atoms with Crippen LogP contribution in [0.2, 0.25) is 0 Å². The maximum absolute atomic E-state index is 9.56. The average Bonchev–Trinajstić information content (AvgIpc) is 3.57. The normalized spacial score (nSPS) is 15.8. The van der Waals surface area contributed by atoms with Crippen molar-refractivity contribution in [3.63, 3.8) is 0 Å². The summed E-state index contributed by atoms with van der Waals surface area (Å²) in [4.78, 5) is 0. The highest BCUT2D eigenvalue weighted by molar-refractivity contribution is 5.84. The lowest BCUT2D eigenvalue weighted by molar-refractivity contribution is 0.475. The Labute approximate surface area is 167 Å². The minimum atomic E-state index is 0.255. The zero-order valence-electron chi connectivity index (χ0n) is 16.3. The number of hydrogen-bond acceptors (Lipinski definition) is 2. The molecule has 2 heteroatoms. The van der Waals surface area contributed by atoms with Gasteiger partial charge in [-0.05, 0) is 88.1 Å². The maximum Gasteiger partial charge on any atom is 0.115 e. The van der Waals surface area contributed by atoms with Gasteiger partial charge in [0.1, 0.15) is 11.5 Å². The lowest BCUT2D eigenvalue weighted by atomic mass is 9.91. The van der Waals surface area contributed by atoms with E-state index < -0.39 is 0 Å². The van der Waals surface area contributed by atoms with Crippen molar-refractivity contribution in [2.45, 2.75) is 26.2 Å². The van der Waals surface area contributed by atoms with Gasteiger partial charge >= 0.3 is 0 Å². The predicted octanol–water partition coefficient (Wildman–Crippen LogP) is 6.70. The van der Waals surface area contributed by atoms with E-state index in [4.69, 9.17) is 0 Å². The first-order valence-electron chi connectivity index (χ1n) is 9.45.